The number of carboxylic acids is 1. The first-order valence-corrected chi connectivity index (χ1v) is 10.5. The predicted molar refractivity (Wildman–Crippen MR) is 120 cm³/mol. The summed E-state index contributed by atoms with van der Waals surface area (Å²) in [5, 5.41) is 9.88. The predicted octanol–water partition coefficient (Wildman–Crippen LogP) is 5.70. The number of benzene rings is 2. The molecule has 0 aliphatic rings. The zero-order valence-electron chi connectivity index (χ0n) is 17.9. The van der Waals surface area contributed by atoms with Gasteiger partial charge in [-0.1, -0.05) is 44.5 Å². The molecule has 1 N–H and O–H groups in total. The average molecular weight is 446 g/mol. The van der Waals surface area contributed by atoms with Gasteiger partial charge in [0.25, 0.3) is 0 Å². The van der Waals surface area contributed by atoms with E-state index in [1.54, 1.807) is 24.3 Å². The van der Waals surface area contributed by atoms with Crippen LogP contribution in [0.4, 0.5) is 4.39 Å². The van der Waals surface area contributed by atoms with E-state index in [-0.39, 0.29) is 34.4 Å². The van der Waals surface area contributed by atoms with Crippen LogP contribution >= 0.6 is 11.6 Å². The molecule has 0 unspecified atom stereocenters. The molecule has 5 nitrogen and oxygen atoms in total. The maximum atomic E-state index is 14.5. The highest BCUT2D eigenvalue weighted by Gasteiger charge is 2.22. The van der Waals surface area contributed by atoms with Gasteiger partial charge < -0.3 is 14.4 Å². The second kappa shape index (κ2) is 9.10. The molecule has 2 aromatic carbocycles. The molecule has 31 heavy (non-hydrogen) atoms. The van der Waals surface area contributed by atoms with Crippen molar-refractivity contribution in [3.05, 3.63) is 74.3 Å². The maximum Gasteiger partial charge on any atom is 0.341 e. The van der Waals surface area contributed by atoms with Gasteiger partial charge in [-0.25, -0.2) is 9.18 Å². The van der Waals surface area contributed by atoms with Crippen LogP contribution in [-0.2, 0) is 6.42 Å². The van der Waals surface area contributed by atoms with E-state index < -0.39 is 17.2 Å². The summed E-state index contributed by atoms with van der Waals surface area (Å²) < 4.78 is 21.9. The number of aromatic nitrogens is 1. The summed E-state index contributed by atoms with van der Waals surface area (Å²) >= 11 is 5.91. The van der Waals surface area contributed by atoms with E-state index in [0.717, 1.165) is 6.42 Å². The largest absolute Gasteiger partial charge is 0.496 e. The van der Waals surface area contributed by atoms with Crippen molar-refractivity contribution in [2.75, 3.05) is 7.11 Å². The van der Waals surface area contributed by atoms with Gasteiger partial charge in [-0.05, 0) is 35.6 Å². The van der Waals surface area contributed by atoms with E-state index in [1.807, 2.05) is 25.3 Å². The highest BCUT2D eigenvalue weighted by Crippen LogP contribution is 2.32. The van der Waals surface area contributed by atoms with Crippen molar-refractivity contribution >= 4 is 28.5 Å². The zero-order chi connectivity index (χ0) is 22.9. The van der Waals surface area contributed by atoms with Crippen molar-refractivity contribution in [3.63, 3.8) is 0 Å². The van der Waals surface area contributed by atoms with E-state index in [2.05, 4.69) is 0 Å². The lowest BCUT2D eigenvalue weighted by atomic mass is 9.97. The fraction of sp³-hybridized carbons (Fsp3) is 0.333. The van der Waals surface area contributed by atoms with Crippen molar-refractivity contribution in [1.29, 1.82) is 0 Å². The van der Waals surface area contributed by atoms with Crippen LogP contribution in [0.1, 0.15) is 54.7 Å². The minimum absolute atomic E-state index is 0.00972. The Labute approximate surface area is 185 Å². The normalized spacial score (nSPS) is 12.4. The molecule has 0 saturated carbocycles. The Balaban J connectivity index is 2.32. The summed E-state index contributed by atoms with van der Waals surface area (Å²) in [4.78, 5) is 24.8. The van der Waals surface area contributed by atoms with Crippen LogP contribution in [0.25, 0.3) is 10.9 Å². The first-order valence-electron chi connectivity index (χ1n) is 10.1. The lowest BCUT2D eigenvalue weighted by Gasteiger charge is -2.26. The van der Waals surface area contributed by atoms with Crippen LogP contribution in [0.3, 0.4) is 0 Å². The summed E-state index contributed by atoms with van der Waals surface area (Å²) in [5.41, 5.74) is 0.639. The van der Waals surface area contributed by atoms with Crippen molar-refractivity contribution in [1.82, 2.24) is 4.57 Å². The highest BCUT2D eigenvalue weighted by molar-refractivity contribution is 6.30. The van der Waals surface area contributed by atoms with Crippen molar-refractivity contribution in [3.8, 4) is 5.75 Å². The van der Waals surface area contributed by atoms with Crippen LogP contribution in [-0.4, -0.2) is 22.8 Å². The Kier molecular flexibility index (Phi) is 6.70. The third-order valence-electron chi connectivity index (χ3n) is 5.62. The number of fused-ring (bicyclic) bond motifs is 1. The maximum absolute atomic E-state index is 14.5. The highest BCUT2D eigenvalue weighted by atomic mass is 35.5. The van der Waals surface area contributed by atoms with Crippen LogP contribution in [0, 0.1) is 11.7 Å². The first kappa shape index (κ1) is 22.8. The van der Waals surface area contributed by atoms with E-state index >= 15 is 0 Å². The molecule has 0 bridgehead atoms. The molecule has 7 heteroatoms. The second-order valence-electron chi connectivity index (χ2n) is 7.87. The molecule has 0 fully saturated rings. The molecule has 3 aromatic rings. The number of nitrogens with zero attached hydrogens (tertiary/aromatic N) is 1. The standard InChI is InChI=1S/C24H25ClFNO4/c1-5-19(13(2)3)27-12-17(24(29)30)23(28)16-10-15(21(31-4)11-20(16)27)9-14-7-6-8-18(25)22(14)26/h6-8,10-13,19H,5,9H2,1-4H3,(H,29,30)/t19-/m0/s1. The number of rotatable bonds is 7. The molecular formula is C24H25ClFNO4. The summed E-state index contributed by atoms with van der Waals surface area (Å²) in [6, 6.07) is 8.05. The molecule has 0 aliphatic carbocycles. The lowest BCUT2D eigenvalue weighted by molar-refractivity contribution is 0.0694. The Morgan fingerprint density at radius 2 is 1.97 bits per heavy atom. The van der Waals surface area contributed by atoms with Gasteiger partial charge in [0.1, 0.15) is 17.1 Å². The SMILES string of the molecule is CC[C@@H](C(C)C)n1cc(C(=O)O)c(=O)c2cc(Cc3cccc(Cl)c3F)c(OC)cc21. The zero-order valence-corrected chi connectivity index (χ0v) is 18.7. The van der Waals surface area contributed by atoms with Crippen LogP contribution in [0.5, 0.6) is 5.75 Å². The van der Waals surface area contributed by atoms with Gasteiger partial charge >= 0.3 is 5.97 Å². The molecule has 1 heterocycles. The Hall–Kier alpha value is -2.86. The van der Waals surface area contributed by atoms with Crippen LogP contribution in [0.2, 0.25) is 5.02 Å². The van der Waals surface area contributed by atoms with Gasteiger partial charge in [-0.2, -0.15) is 0 Å². The summed E-state index contributed by atoms with van der Waals surface area (Å²) in [6.45, 7) is 6.11. The Morgan fingerprint density at radius 3 is 2.55 bits per heavy atom. The minimum atomic E-state index is -1.28. The number of aromatic carboxylic acids is 1. The monoisotopic (exact) mass is 445 g/mol. The molecule has 0 saturated heterocycles. The van der Waals surface area contributed by atoms with Gasteiger partial charge in [-0.15, -0.1) is 0 Å². The average Bonchev–Trinajstić information content (AvgIpc) is 2.72. The minimum Gasteiger partial charge on any atom is -0.496 e. The third-order valence-corrected chi connectivity index (χ3v) is 5.91. The molecule has 3 rings (SSSR count). The summed E-state index contributed by atoms with van der Waals surface area (Å²) in [5.74, 6) is -1.11. The van der Waals surface area contributed by atoms with Crippen LogP contribution in [0.15, 0.2) is 41.3 Å². The molecule has 0 aliphatic heterocycles. The van der Waals surface area contributed by atoms with Gasteiger partial charge in [0, 0.05) is 30.1 Å². The molecule has 0 spiro atoms. The number of carbonyl (C=O) groups is 1. The molecule has 1 aromatic heterocycles. The number of carboxylic acid groups (broad SMARTS) is 1. The quantitative estimate of drug-likeness (QED) is 0.506. The number of ether oxygens (including phenoxy) is 1. The van der Waals surface area contributed by atoms with Crippen LogP contribution < -0.4 is 10.2 Å². The van der Waals surface area contributed by atoms with E-state index in [0.29, 0.717) is 22.4 Å². The van der Waals surface area contributed by atoms with E-state index in [9.17, 15) is 19.1 Å². The van der Waals surface area contributed by atoms with Crippen molar-refractivity contribution in [2.24, 2.45) is 5.92 Å². The summed E-state index contributed by atoms with van der Waals surface area (Å²) in [7, 11) is 1.51. The molecule has 164 valence electrons. The topological polar surface area (TPSA) is 68.5 Å². The molecule has 0 radical (unpaired) electrons. The van der Waals surface area contributed by atoms with E-state index in [1.165, 1.54) is 19.4 Å². The first-order chi connectivity index (χ1) is 14.7. The van der Waals surface area contributed by atoms with Gasteiger partial charge in [-0.3, -0.25) is 4.79 Å². The number of hydrogen-bond acceptors (Lipinski definition) is 3. The van der Waals surface area contributed by atoms with Gasteiger partial charge in [0.2, 0.25) is 5.43 Å². The van der Waals surface area contributed by atoms with Gasteiger partial charge in [0.15, 0.2) is 0 Å². The fourth-order valence-electron chi connectivity index (χ4n) is 4.06. The smallest absolute Gasteiger partial charge is 0.341 e. The fourth-order valence-corrected chi connectivity index (χ4v) is 4.25. The van der Waals surface area contributed by atoms with Crippen molar-refractivity contribution in [2.45, 2.75) is 39.7 Å². The molecule has 0 amide bonds. The van der Waals surface area contributed by atoms with Gasteiger partial charge in [0.05, 0.1) is 17.6 Å². The Morgan fingerprint density at radius 1 is 1.26 bits per heavy atom. The van der Waals surface area contributed by atoms with Crippen molar-refractivity contribution < 1.29 is 19.0 Å². The Bertz CT molecular complexity index is 1200. The number of halogens is 2. The molecular weight excluding hydrogens is 421 g/mol. The van der Waals surface area contributed by atoms with E-state index in [4.69, 9.17) is 16.3 Å². The number of hydrogen-bond donors (Lipinski definition) is 1. The third kappa shape index (κ3) is 4.30. The number of pyridine rings is 1. The number of methoxy groups -OCH3 is 1. The lowest BCUT2D eigenvalue weighted by Crippen LogP contribution is -2.23. The second-order valence-corrected chi connectivity index (χ2v) is 8.28. The summed E-state index contributed by atoms with van der Waals surface area (Å²) in [6.07, 6.45) is 2.31. The molecule has 1 atom stereocenters.